The van der Waals surface area contributed by atoms with Gasteiger partial charge in [-0.15, -0.1) is 0 Å². The molecule has 0 aliphatic rings. The van der Waals surface area contributed by atoms with E-state index in [1.165, 1.54) is 0 Å². The Bertz CT molecular complexity index is 873. The van der Waals surface area contributed by atoms with Crippen molar-refractivity contribution in [2.45, 2.75) is 52.2 Å². The highest BCUT2D eigenvalue weighted by atomic mass is 35.5. The van der Waals surface area contributed by atoms with Crippen molar-refractivity contribution in [2.75, 3.05) is 0 Å². The van der Waals surface area contributed by atoms with Crippen LogP contribution in [0.5, 0.6) is 0 Å². The quantitative estimate of drug-likeness (QED) is 0.569. The highest BCUT2D eigenvalue weighted by Crippen LogP contribution is 2.24. The summed E-state index contributed by atoms with van der Waals surface area (Å²) >= 11 is 18.3. The van der Waals surface area contributed by atoms with Crippen molar-refractivity contribution in [3.8, 4) is 0 Å². The first-order valence-corrected chi connectivity index (χ1v) is 10.6. The number of carbonyl (C=O) groups is 2. The highest BCUT2D eigenvalue weighted by Gasteiger charge is 2.27. The molecule has 2 aromatic carbocycles. The monoisotopic (exact) mass is 454 g/mol. The van der Waals surface area contributed by atoms with E-state index >= 15 is 0 Å². The summed E-state index contributed by atoms with van der Waals surface area (Å²) in [6.45, 7) is 5.88. The topological polar surface area (TPSA) is 49.4 Å². The normalized spacial score (nSPS) is 12.9. The van der Waals surface area contributed by atoms with Crippen LogP contribution in [0.2, 0.25) is 15.1 Å². The molecule has 2 atom stereocenters. The van der Waals surface area contributed by atoms with Crippen molar-refractivity contribution in [3.63, 3.8) is 0 Å². The molecule has 0 aliphatic carbocycles. The zero-order valence-corrected chi connectivity index (χ0v) is 19.0. The number of carbonyl (C=O) groups excluding carboxylic acids is 2. The fourth-order valence-corrected chi connectivity index (χ4v) is 3.30. The maximum Gasteiger partial charge on any atom is 0.242 e. The molecule has 29 heavy (non-hydrogen) atoms. The maximum absolute atomic E-state index is 13.2. The van der Waals surface area contributed by atoms with E-state index in [9.17, 15) is 9.59 Å². The summed E-state index contributed by atoms with van der Waals surface area (Å²) in [5, 5.41) is 4.31. The number of hydrogen-bond donors (Lipinski definition) is 1. The van der Waals surface area contributed by atoms with Gasteiger partial charge in [-0.3, -0.25) is 9.59 Å². The largest absolute Gasteiger partial charge is 0.352 e. The molecule has 0 radical (unpaired) electrons. The van der Waals surface area contributed by atoms with Gasteiger partial charge in [0.1, 0.15) is 6.04 Å². The molecule has 156 valence electrons. The Kier molecular flexibility index (Phi) is 8.81. The maximum atomic E-state index is 13.2. The lowest BCUT2D eigenvalue weighted by molar-refractivity contribution is -0.140. The van der Waals surface area contributed by atoms with Gasteiger partial charge in [0.25, 0.3) is 0 Å². The van der Waals surface area contributed by atoms with Gasteiger partial charge in [0.2, 0.25) is 11.8 Å². The van der Waals surface area contributed by atoms with Crippen molar-refractivity contribution in [1.29, 1.82) is 0 Å². The first kappa shape index (κ1) is 23.5. The predicted octanol–water partition coefficient (Wildman–Crippen LogP) is 5.52. The SMILES string of the molecule is CCC(C)NC(=O)C(C)N(Cc1ccccc1Cl)C(=O)Cc1ccc(Cl)c(Cl)c1. The van der Waals surface area contributed by atoms with Gasteiger partial charge in [-0.25, -0.2) is 0 Å². The molecule has 2 unspecified atom stereocenters. The Labute approximate surface area is 187 Å². The molecule has 2 rings (SSSR count). The third-order valence-corrected chi connectivity index (χ3v) is 5.91. The van der Waals surface area contributed by atoms with Crippen molar-refractivity contribution in [3.05, 3.63) is 68.7 Å². The summed E-state index contributed by atoms with van der Waals surface area (Å²) in [4.78, 5) is 27.4. The van der Waals surface area contributed by atoms with Crippen molar-refractivity contribution < 1.29 is 9.59 Å². The second-order valence-corrected chi connectivity index (χ2v) is 8.25. The number of hydrogen-bond acceptors (Lipinski definition) is 2. The summed E-state index contributed by atoms with van der Waals surface area (Å²) in [7, 11) is 0. The van der Waals surface area contributed by atoms with Gasteiger partial charge in [0.15, 0.2) is 0 Å². The summed E-state index contributed by atoms with van der Waals surface area (Å²) in [6, 6.07) is 11.7. The van der Waals surface area contributed by atoms with E-state index in [-0.39, 0.29) is 30.8 Å². The molecule has 2 amide bonds. The van der Waals surface area contributed by atoms with Gasteiger partial charge in [-0.2, -0.15) is 0 Å². The zero-order chi connectivity index (χ0) is 21.6. The van der Waals surface area contributed by atoms with Crippen molar-refractivity contribution >= 4 is 46.6 Å². The third kappa shape index (κ3) is 6.63. The molecule has 1 N–H and O–H groups in total. The molecule has 0 saturated heterocycles. The van der Waals surface area contributed by atoms with Crippen LogP contribution in [0, 0.1) is 0 Å². The number of nitrogens with one attached hydrogen (secondary N) is 1. The number of amides is 2. The van der Waals surface area contributed by atoms with Gasteiger partial charge in [-0.1, -0.05) is 66.0 Å². The fourth-order valence-electron chi connectivity index (χ4n) is 2.78. The number of benzene rings is 2. The summed E-state index contributed by atoms with van der Waals surface area (Å²) in [5.74, 6) is -0.399. The molecule has 7 heteroatoms. The van der Waals surface area contributed by atoms with Gasteiger partial charge in [-0.05, 0) is 49.6 Å². The Morgan fingerprint density at radius 2 is 1.69 bits per heavy atom. The van der Waals surface area contributed by atoms with E-state index in [4.69, 9.17) is 34.8 Å². The minimum atomic E-state index is -0.657. The van der Waals surface area contributed by atoms with E-state index in [1.54, 1.807) is 36.1 Å². The second-order valence-electron chi connectivity index (χ2n) is 7.03. The first-order chi connectivity index (χ1) is 13.7. The van der Waals surface area contributed by atoms with E-state index in [0.717, 1.165) is 17.5 Å². The number of nitrogens with zero attached hydrogens (tertiary/aromatic N) is 1. The van der Waals surface area contributed by atoms with Crippen LogP contribution in [0.3, 0.4) is 0 Å². The van der Waals surface area contributed by atoms with Crippen LogP contribution in [0.1, 0.15) is 38.3 Å². The van der Waals surface area contributed by atoms with Gasteiger partial charge in [0.05, 0.1) is 16.5 Å². The van der Waals surface area contributed by atoms with Crippen LogP contribution in [-0.2, 0) is 22.6 Å². The highest BCUT2D eigenvalue weighted by molar-refractivity contribution is 6.42. The summed E-state index contributed by atoms with van der Waals surface area (Å²) in [5.41, 5.74) is 1.50. The molecule has 0 bridgehead atoms. The van der Waals surface area contributed by atoms with Crippen LogP contribution in [-0.4, -0.2) is 28.8 Å². The molecule has 4 nitrogen and oxygen atoms in total. The average molecular weight is 456 g/mol. The third-order valence-electron chi connectivity index (χ3n) is 4.81. The average Bonchev–Trinajstić information content (AvgIpc) is 2.69. The molecule has 0 aliphatic heterocycles. The number of rotatable bonds is 8. The molecular formula is C22H25Cl3N2O2. The Morgan fingerprint density at radius 1 is 1.00 bits per heavy atom. The van der Waals surface area contributed by atoms with Gasteiger partial charge >= 0.3 is 0 Å². The zero-order valence-electron chi connectivity index (χ0n) is 16.7. The molecule has 0 spiro atoms. The standard InChI is InChI=1S/C22H25Cl3N2O2/c1-4-14(2)26-22(29)15(3)27(13-17-7-5-6-8-18(17)23)21(28)12-16-9-10-19(24)20(25)11-16/h5-11,14-15H,4,12-13H2,1-3H3,(H,26,29). The molecule has 2 aromatic rings. The van der Waals surface area contributed by atoms with Crippen LogP contribution >= 0.6 is 34.8 Å². The van der Waals surface area contributed by atoms with Crippen molar-refractivity contribution in [2.24, 2.45) is 0 Å². The summed E-state index contributed by atoms with van der Waals surface area (Å²) in [6.07, 6.45) is 0.905. The van der Waals surface area contributed by atoms with Crippen LogP contribution in [0.15, 0.2) is 42.5 Å². The lowest BCUT2D eigenvalue weighted by Crippen LogP contribution is -2.49. The lowest BCUT2D eigenvalue weighted by atomic mass is 10.1. The Balaban J connectivity index is 2.27. The molecule has 0 saturated carbocycles. The summed E-state index contributed by atoms with van der Waals surface area (Å²) < 4.78 is 0. The van der Waals surface area contributed by atoms with E-state index in [1.807, 2.05) is 32.0 Å². The van der Waals surface area contributed by atoms with E-state index in [0.29, 0.717) is 15.1 Å². The van der Waals surface area contributed by atoms with Crippen molar-refractivity contribution in [1.82, 2.24) is 10.2 Å². The first-order valence-electron chi connectivity index (χ1n) is 9.50. The van der Waals surface area contributed by atoms with Crippen LogP contribution in [0.25, 0.3) is 0 Å². The minimum Gasteiger partial charge on any atom is -0.352 e. The molecule has 0 heterocycles. The molecule has 0 aromatic heterocycles. The second kappa shape index (κ2) is 10.9. The minimum absolute atomic E-state index is 0.0253. The smallest absolute Gasteiger partial charge is 0.242 e. The number of halogens is 3. The Hall–Kier alpha value is -1.75. The van der Waals surface area contributed by atoms with E-state index < -0.39 is 6.04 Å². The lowest BCUT2D eigenvalue weighted by Gasteiger charge is -2.30. The molecular weight excluding hydrogens is 431 g/mol. The van der Waals surface area contributed by atoms with Crippen LogP contribution < -0.4 is 5.32 Å². The van der Waals surface area contributed by atoms with Crippen LogP contribution in [0.4, 0.5) is 0 Å². The van der Waals surface area contributed by atoms with Gasteiger partial charge in [0, 0.05) is 17.6 Å². The van der Waals surface area contributed by atoms with E-state index in [2.05, 4.69) is 5.32 Å². The Morgan fingerprint density at radius 3 is 2.31 bits per heavy atom. The fraction of sp³-hybridized carbons (Fsp3) is 0.364. The molecule has 0 fully saturated rings. The van der Waals surface area contributed by atoms with Gasteiger partial charge < -0.3 is 10.2 Å². The predicted molar refractivity (Wildman–Crippen MR) is 120 cm³/mol.